The molecular formula is C15H21N3O3S. The number of nitrogens with zero attached hydrogens (tertiary/aromatic N) is 2. The van der Waals surface area contributed by atoms with Crippen LogP contribution in [-0.2, 0) is 14.8 Å². The Kier molecular flexibility index (Phi) is 6.38. The summed E-state index contributed by atoms with van der Waals surface area (Å²) in [7, 11) is -3.54. The minimum atomic E-state index is -3.54. The van der Waals surface area contributed by atoms with Gasteiger partial charge < -0.3 is 5.32 Å². The average Bonchev–Trinajstić information content (AvgIpc) is 2.41. The Balaban J connectivity index is 2.84. The van der Waals surface area contributed by atoms with Gasteiger partial charge in [-0.15, -0.1) is 0 Å². The summed E-state index contributed by atoms with van der Waals surface area (Å²) < 4.78 is 25.1. The van der Waals surface area contributed by atoms with Gasteiger partial charge in [-0.25, -0.2) is 8.42 Å². The van der Waals surface area contributed by atoms with Gasteiger partial charge in [0.2, 0.25) is 15.9 Å². The third kappa shape index (κ3) is 5.37. The third-order valence-corrected chi connectivity index (χ3v) is 4.10. The van der Waals surface area contributed by atoms with E-state index >= 15 is 0 Å². The Morgan fingerprint density at radius 3 is 2.55 bits per heavy atom. The van der Waals surface area contributed by atoms with Crippen LogP contribution in [-0.4, -0.2) is 33.7 Å². The molecule has 0 aliphatic rings. The van der Waals surface area contributed by atoms with Gasteiger partial charge in [-0.3, -0.25) is 9.10 Å². The zero-order valence-electron chi connectivity index (χ0n) is 13.0. The van der Waals surface area contributed by atoms with Crippen molar-refractivity contribution in [3.63, 3.8) is 0 Å². The Bertz CT molecular complexity index is 663. The van der Waals surface area contributed by atoms with Crippen LogP contribution in [0.3, 0.4) is 0 Å². The number of anilines is 1. The van der Waals surface area contributed by atoms with Gasteiger partial charge >= 0.3 is 0 Å². The zero-order valence-corrected chi connectivity index (χ0v) is 13.9. The number of benzene rings is 1. The smallest absolute Gasteiger partial charge is 0.232 e. The van der Waals surface area contributed by atoms with E-state index in [1.807, 2.05) is 19.9 Å². The van der Waals surface area contributed by atoms with Crippen LogP contribution in [0.1, 0.15) is 25.8 Å². The molecule has 1 amide bonds. The molecule has 1 N–H and O–H groups in total. The van der Waals surface area contributed by atoms with Crippen LogP contribution in [0.2, 0.25) is 0 Å². The lowest BCUT2D eigenvalue weighted by Crippen LogP contribution is -2.38. The first-order valence-corrected chi connectivity index (χ1v) is 8.84. The summed E-state index contributed by atoms with van der Waals surface area (Å²) in [6, 6.07) is 8.47. The standard InChI is InChI=1S/C15H21N3O3S/c1-12(2)10-15(19)17-8-9-18(22(3,20)21)14-7-5-4-6-13(14)11-16/h4-7,12H,8-10H2,1-3H3,(H,17,19). The van der Waals surface area contributed by atoms with Crippen molar-refractivity contribution in [3.8, 4) is 6.07 Å². The Hall–Kier alpha value is -2.07. The fraction of sp³-hybridized carbons (Fsp3) is 0.467. The Morgan fingerprint density at radius 2 is 2.00 bits per heavy atom. The molecule has 0 saturated carbocycles. The van der Waals surface area contributed by atoms with E-state index in [-0.39, 0.29) is 30.5 Å². The van der Waals surface area contributed by atoms with Crippen molar-refractivity contribution in [1.29, 1.82) is 5.26 Å². The second kappa shape index (κ2) is 7.80. The molecule has 0 radical (unpaired) electrons. The Morgan fingerprint density at radius 1 is 1.36 bits per heavy atom. The summed E-state index contributed by atoms with van der Waals surface area (Å²) >= 11 is 0. The normalized spacial score (nSPS) is 11.0. The first-order valence-electron chi connectivity index (χ1n) is 6.99. The molecule has 7 heteroatoms. The van der Waals surface area contributed by atoms with Gasteiger partial charge in [0.05, 0.1) is 24.1 Å². The molecule has 1 aromatic rings. The minimum absolute atomic E-state index is 0.0847. The summed E-state index contributed by atoms with van der Waals surface area (Å²) in [5.41, 5.74) is 0.604. The van der Waals surface area contributed by atoms with Crippen molar-refractivity contribution in [2.24, 2.45) is 5.92 Å². The van der Waals surface area contributed by atoms with Crippen LogP contribution < -0.4 is 9.62 Å². The molecule has 6 nitrogen and oxygen atoms in total. The van der Waals surface area contributed by atoms with Crippen LogP contribution in [0.5, 0.6) is 0 Å². The van der Waals surface area contributed by atoms with E-state index in [1.54, 1.807) is 24.3 Å². The van der Waals surface area contributed by atoms with Gasteiger partial charge in [0, 0.05) is 13.0 Å². The van der Waals surface area contributed by atoms with E-state index < -0.39 is 10.0 Å². The monoisotopic (exact) mass is 323 g/mol. The predicted molar refractivity (Wildman–Crippen MR) is 85.8 cm³/mol. The minimum Gasteiger partial charge on any atom is -0.354 e. The lowest BCUT2D eigenvalue weighted by molar-refractivity contribution is -0.121. The molecule has 0 fully saturated rings. The largest absolute Gasteiger partial charge is 0.354 e. The van der Waals surface area contributed by atoms with Crippen molar-refractivity contribution in [2.45, 2.75) is 20.3 Å². The number of hydrogen-bond acceptors (Lipinski definition) is 4. The van der Waals surface area contributed by atoms with Gasteiger partial charge in [-0.2, -0.15) is 5.26 Å². The van der Waals surface area contributed by atoms with Crippen molar-refractivity contribution in [3.05, 3.63) is 29.8 Å². The van der Waals surface area contributed by atoms with Crippen LogP contribution in [0.25, 0.3) is 0 Å². The number of amides is 1. The molecule has 0 aromatic heterocycles. The van der Waals surface area contributed by atoms with Crippen LogP contribution in [0.15, 0.2) is 24.3 Å². The SMILES string of the molecule is CC(C)CC(=O)NCCN(c1ccccc1C#N)S(C)(=O)=O. The van der Waals surface area contributed by atoms with Crippen molar-refractivity contribution in [1.82, 2.24) is 5.32 Å². The predicted octanol–water partition coefficient (Wildman–Crippen LogP) is 1.49. The van der Waals surface area contributed by atoms with Gasteiger partial charge in [-0.1, -0.05) is 26.0 Å². The van der Waals surface area contributed by atoms with E-state index in [9.17, 15) is 13.2 Å². The zero-order chi connectivity index (χ0) is 16.8. The number of nitriles is 1. The summed E-state index contributed by atoms with van der Waals surface area (Å²) in [4.78, 5) is 11.6. The maximum absolute atomic E-state index is 12.0. The second-order valence-corrected chi connectivity index (χ2v) is 7.32. The molecule has 120 valence electrons. The highest BCUT2D eigenvalue weighted by Gasteiger charge is 2.20. The molecule has 1 rings (SSSR count). The topological polar surface area (TPSA) is 90.3 Å². The quantitative estimate of drug-likeness (QED) is 0.823. The maximum atomic E-state index is 12.0. The number of hydrogen-bond donors (Lipinski definition) is 1. The molecule has 0 atom stereocenters. The summed E-state index contributed by atoms with van der Waals surface area (Å²) in [5.74, 6) is 0.127. The number of carbonyl (C=O) groups is 1. The van der Waals surface area contributed by atoms with E-state index in [0.717, 1.165) is 10.6 Å². The number of rotatable bonds is 7. The number of carbonyl (C=O) groups excluding carboxylic acids is 1. The highest BCUT2D eigenvalue weighted by molar-refractivity contribution is 7.92. The molecule has 0 spiro atoms. The molecule has 1 aromatic carbocycles. The highest BCUT2D eigenvalue weighted by atomic mass is 32.2. The molecule has 0 heterocycles. The number of nitrogens with one attached hydrogen (secondary N) is 1. The highest BCUT2D eigenvalue weighted by Crippen LogP contribution is 2.21. The third-order valence-electron chi connectivity index (χ3n) is 2.92. The summed E-state index contributed by atoms with van der Waals surface area (Å²) in [6.07, 6.45) is 1.48. The molecule has 22 heavy (non-hydrogen) atoms. The second-order valence-electron chi connectivity index (χ2n) is 5.41. The maximum Gasteiger partial charge on any atom is 0.232 e. The number of sulfonamides is 1. The van der Waals surface area contributed by atoms with Crippen molar-refractivity contribution in [2.75, 3.05) is 23.7 Å². The van der Waals surface area contributed by atoms with Gasteiger partial charge in [0.15, 0.2) is 0 Å². The van der Waals surface area contributed by atoms with E-state index in [0.29, 0.717) is 12.1 Å². The van der Waals surface area contributed by atoms with Crippen LogP contribution in [0.4, 0.5) is 5.69 Å². The summed E-state index contributed by atoms with van der Waals surface area (Å²) in [6.45, 7) is 4.15. The molecule has 0 aliphatic carbocycles. The van der Waals surface area contributed by atoms with Crippen LogP contribution in [0, 0.1) is 17.2 Å². The lowest BCUT2D eigenvalue weighted by atomic mass is 10.1. The fourth-order valence-corrected chi connectivity index (χ4v) is 2.93. The van der Waals surface area contributed by atoms with E-state index in [1.165, 1.54) is 0 Å². The molecule has 0 unspecified atom stereocenters. The first-order chi connectivity index (χ1) is 10.3. The molecule has 0 aliphatic heterocycles. The number of para-hydroxylation sites is 1. The van der Waals surface area contributed by atoms with Crippen molar-refractivity contribution >= 4 is 21.6 Å². The van der Waals surface area contributed by atoms with Gasteiger partial charge in [0.1, 0.15) is 6.07 Å². The summed E-state index contributed by atoms with van der Waals surface area (Å²) in [5, 5.41) is 11.8. The Labute approximate surface area is 131 Å². The first kappa shape index (κ1) is 18.0. The van der Waals surface area contributed by atoms with E-state index in [2.05, 4.69) is 5.32 Å². The average molecular weight is 323 g/mol. The van der Waals surface area contributed by atoms with E-state index in [4.69, 9.17) is 5.26 Å². The fourth-order valence-electron chi connectivity index (χ4n) is 1.99. The van der Waals surface area contributed by atoms with Gasteiger partial charge in [0.25, 0.3) is 0 Å². The molecule has 0 bridgehead atoms. The molecular weight excluding hydrogens is 302 g/mol. The van der Waals surface area contributed by atoms with Crippen LogP contribution >= 0.6 is 0 Å². The molecule has 0 saturated heterocycles. The van der Waals surface area contributed by atoms with Gasteiger partial charge in [-0.05, 0) is 18.1 Å². The van der Waals surface area contributed by atoms with Crippen molar-refractivity contribution < 1.29 is 13.2 Å². The lowest BCUT2D eigenvalue weighted by Gasteiger charge is -2.23.